The van der Waals surface area contributed by atoms with Crippen LogP contribution in [0, 0.1) is 6.92 Å². The molecule has 0 aliphatic rings. The van der Waals surface area contributed by atoms with E-state index >= 15 is 0 Å². The molecule has 0 N–H and O–H groups in total. The van der Waals surface area contributed by atoms with Gasteiger partial charge in [0.25, 0.3) is 0 Å². The van der Waals surface area contributed by atoms with E-state index in [1.807, 2.05) is 37.3 Å². The van der Waals surface area contributed by atoms with Crippen LogP contribution in [0.5, 0.6) is 0 Å². The molecule has 112 valence electrons. The number of benzene rings is 2. The van der Waals surface area contributed by atoms with Crippen LogP contribution in [0.15, 0.2) is 68.3 Å². The number of para-hydroxylation sites is 1. The van der Waals surface area contributed by atoms with Crippen LogP contribution in [-0.4, -0.2) is 16.4 Å². The topological polar surface area (TPSA) is 59.6 Å². The monoisotopic (exact) mass is 313 g/mol. The number of furan rings is 1. The summed E-state index contributed by atoms with van der Waals surface area (Å²) in [7, 11) is -2.80. The van der Waals surface area contributed by atoms with E-state index in [0.29, 0.717) is 10.5 Å². The van der Waals surface area contributed by atoms with Gasteiger partial charge in [0.05, 0.1) is 9.73 Å². The molecule has 1 atom stereocenters. The van der Waals surface area contributed by atoms with Crippen LogP contribution < -0.4 is 0 Å². The van der Waals surface area contributed by atoms with Crippen molar-refractivity contribution in [3.05, 3.63) is 65.9 Å². The summed E-state index contributed by atoms with van der Waals surface area (Å²) in [5.41, 5.74) is 1.67. The van der Waals surface area contributed by atoms with Gasteiger partial charge < -0.3 is 4.42 Å². The van der Waals surface area contributed by atoms with Gasteiger partial charge in [-0.3, -0.25) is 4.79 Å². The molecule has 3 rings (SSSR count). The molecular formula is C17H15NO3S. The van der Waals surface area contributed by atoms with Gasteiger partial charge >= 0.3 is 5.91 Å². The maximum absolute atomic E-state index is 12.7. The second kappa shape index (κ2) is 5.42. The van der Waals surface area contributed by atoms with E-state index in [2.05, 4.69) is 4.36 Å². The van der Waals surface area contributed by atoms with Crippen LogP contribution in [0.4, 0.5) is 0 Å². The number of carbonyl (C=O) groups is 1. The second-order valence-corrected chi connectivity index (χ2v) is 7.42. The van der Waals surface area contributed by atoms with E-state index in [-0.39, 0.29) is 5.76 Å². The van der Waals surface area contributed by atoms with Crippen LogP contribution in [0.25, 0.3) is 11.0 Å². The lowest BCUT2D eigenvalue weighted by Crippen LogP contribution is -2.03. The molecule has 1 heterocycles. The Morgan fingerprint density at radius 3 is 2.45 bits per heavy atom. The summed E-state index contributed by atoms with van der Waals surface area (Å²) in [6.45, 7) is 1.94. The molecular weight excluding hydrogens is 298 g/mol. The Morgan fingerprint density at radius 1 is 1.09 bits per heavy atom. The van der Waals surface area contributed by atoms with Gasteiger partial charge in [-0.25, -0.2) is 4.21 Å². The lowest BCUT2D eigenvalue weighted by molar-refractivity contribution is 0.0981. The zero-order chi connectivity index (χ0) is 15.7. The molecule has 0 radical (unpaired) electrons. The van der Waals surface area contributed by atoms with Gasteiger partial charge in [0.1, 0.15) is 5.58 Å². The van der Waals surface area contributed by atoms with Gasteiger partial charge in [-0.05, 0) is 31.2 Å². The van der Waals surface area contributed by atoms with Crippen molar-refractivity contribution in [2.45, 2.75) is 11.8 Å². The van der Waals surface area contributed by atoms with Crippen molar-refractivity contribution < 1.29 is 13.4 Å². The van der Waals surface area contributed by atoms with Gasteiger partial charge in [-0.2, -0.15) is 4.36 Å². The third-order valence-electron chi connectivity index (χ3n) is 3.35. The molecule has 0 fully saturated rings. The third kappa shape index (κ3) is 2.80. The zero-order valence-corrected chi connectivity index (χ0v) is 13.1. The first-order valence-corrected chi connectivity index (χ1v) is 8.70. The summed E-state index contributed by atoms with van der Waals surface area (Å²) >= 11 is 0. The quantitative estimate of drug-likeness (QED) is 0.717. The number of carbonyl (C=O) groups excluding carboxylic acids is 1. The first kappa shape index (κ1) is 14.5. The number of nitrogens with zero attached hydrogens (tertiary/aromatic N) is 1. The highest BCUT2D eigenvalue weighted by molar-refractivity contribution is 7.93. The lowest BCUT2D eigenvalue weighted by Gasteiger charge is -2.03. The predicted molar refractivity (Wildman–Crippen MR) is 86.5 cm³/mol. The Kier molecular flexibility index (Phi) is 3.58. The largest absolute Gasteiger partial charge is 0.451 e. The standard InChI is InChI=1S/C17H15NO3S/c1-12-7-9-14(10-8-12)22(2,20)18-17(19)16-11-13-5-3-4-6-15(13)21-16/h3-11H,1-2H3/t22-/m1/s1. The normalized spacial score (nSPS) is 13.7. The minimum Gasteiger partial charge on any atom is -0.451 e. The average molecular weight is 313 g/mol. The van der Waals surface area contributed by atoms with Crippen molar-refractivity contribution in [3.63, 3.8) is 0 Å². The Hall–Kier alpha value is -2.40. The van der Waals surface area contributed by atoms with Gasteiger partial charge in [0.15, 0.2) is 5.76 Å². The predicted octanol–water partition coefficient (Wildman–Crippen LogP) is 4.04. The highest BCUT2D eigenvalue weighted by Crippen LogP contribution is 2.21. The number of rotatable bonds is 2. The van der Waals surface area contributed by atoms with Crippen LogP contribution >= 0.6 is 0 Å². The van der Waals surface area contributed by atoms with Crippen molar-refractivity contribution in [1.29, 1.82) is 0 Å². The van der Waals surface area contributed by atoms with Crippen LogP contribution in [-0.2, 0) is 9.73 Å². The average Bonchev–Trinajstić information content (AvgIpc) is 2.91. The molecule has 0 aliphatic carbocycles. The Bertz CT molecular complexity index is 928. The third-order valence-corrected chi connectivity index (χ3v) is 5.01. The lowest BCUT2D eigenvalue weighted by atomic mass is 10.2. The van der Waals surface area contributed by atoms with Crippen molar-refractivity contribution in [2.24, 2.45) is 4.36 Å². The molecule has 0 aliphatic heterocycles. The van der Waals surface area contributed by atoms with Crippen LogP contribution in [0.2, 0.25) is 0 Å². The first-order chi connectivity index (χ1) is 10.5. The molecule has 5 heteroatoms. The van der Waals surface area contributed by atoms with Gasteiger partial charge in [-0.1, -0.05) is 35.9 Å². The maximum Gasteiger partial charge on any atom is 0.321 e. The summed E-state index contributed by atoms with van der Waals surface area (Å²) in [4.78, 5) is 12.8. The fourth-order valence-electron chi connectivity index (χ4n) is 2.13. The number of hydrogen-bond donors (Lipinski definition) is 0. The van der Waals surface area contributed by atoms with Crippen molar-refractivity contribution >= 4 is 26.6 Å². The molecule has 1 aromatic heterocycles. The van der Waals surface area contributed by atoms with Gasteiger partial charge in [0, 0.05) is 16.5 Å². The molecule has 0 bridgehead atoms. The minimum absolute atomic E-state index is 0.0999. The molecule has 22 heavy (non-hydrogen) atoms. The number of hydrogen-bond acceptors (Lipinski definition) is 3. The minimum atomic E-state index is -2.80. The summed E-state index contributed by atoms with van der Waals surface area (Å²) in [6.07, 6.45) is 1.46. The summed E-state index contributed by atoms with van der Waals surface area (Å²) in [6, 6.07) is 16.1. The van der Waals surface area contributed by atoms with E-state index in [1.165, 1.54) is 6.26 Å². The van der Waals surface area contributed by atoms with Crippen LogP contribution in [0.3, 0.4) is 0 Å². The molecule has 0 saturated carbocycles. The zero-order valence-electron chi connectivity index (χ0n) is 12.3. The molecule has 3 aromatic rings. The van der Waals surface area contributed by atoms with E-state index < -0.39 is 15.6 Å². The van der Waals surface area contributed by atoms with Gasteiger partial charge in [0.2, 0.25) is 0 Å². The Labute approximate surface area is 128 Å². The fourth-order valence-corrected chi connectivity index (χ4v) is 3.29. The number of fused-ring (bicyclic) bond motifs is 1. The summed E-state index contributed by atoms with van der Waals surface area (Å²) < 4.78 is 22.0. The Morgan fingerprint density at radius 2 is 1.77 bits per heavy atom. The molecule has 2 aromatic carbocycles. The first-order valence-electron chi connectivity index (χ1n) is 6.77. The molecule has 4 nitrogen and oxygen atoms in total. The molecule has 0 unspecified atom stereocenters. The van der Waals surface area contributed by atoms with Crippen LogP contribution in [0.1, 0.15) is 16.1 Å². The van der Waals surface area contributed by atoms with Crippen molar-refractivity contribution in [3.8, 4) is 0 Å². The smallest absolute Gasteiger partial charge is 0.321 e. The van der Waals surface area contributed by atoms with Gasteiger partial charge in [-0.15, -0.1) is 0 Å². The van der Waals surface area contributed by atoms with E-state index in [0.717, 1.165) is 10.9 Å². The van der Waals surface area contributed by atoms with E-state index in [9.17, 15) is 9.00 Å². The van der Waals surface area contributed by atoms with E-state index in [4.69, 9.17) is 4.42 Å². The maximum atomic E-state index is 12.7. The second-order valence-electron chi connectivity index (χ2n) is 5.16. The summed E-state index contributed by atoms with van der Waals surface area (Å²) in [5, 5.41) is 0.819. The van der Waals surface area contributed by atoms with Crippen molar-refractivity contribution in [2.75, 3.05) is 6.26 Å². The fraction of sp³-hybridized carbons (Fsp3) is 0.118. The van der Waals surface area contributed by atoms with Crippen molar-refractivity contribution in [1.82, 2.24) is 0 Å². The molecule has 0 saturated heterocycles. The summed E-state index contributed by atoms with van der Waals surface area (Å²) in [5.74, 6) is -0.507. The highest BCUT2D eigenvalue weighted by Gasteiger charge is 2.15. The highest BCUT2D eigenvalue weighted by atomic mass is 32.2. The SMILES string of the molecule is Cc1ccc([S@@](C)(=O)=NC(=O)c2cc3ccccc3o2)cc1. The van der Waals surface area contributed by atoms with E-state index in [1.54, 1.807) is 24.3 Å². The molecule has 1 amide bonds. The Balaban J connectivity index is 2.00. The number of amides is 1. The number of aryl methyl sites for hydroxylation is 1. The molecule has 0 spiro atoms.